The molecule has 0 spiro atoms. The van der Waals surface area contributed by atoms with Crippen LogP contribution in [0.3, 0.4) is 0 Å². The molecule has 0 atom stereocenters. The lowest BCUT2D eigenvalue weighted by Gasteiger charge is -2.18. The SMILES string of the molecule is C=CCn1c(C(=O)Nc2ccc(C(=O)NCCN(CC)CC)cc2)c(C)c2cc(C(C)C)ccc21. The number of allylic oxidation sites excluding steroid dienone is 1. The number of hydrogen-bond donors (Lipinski definition) is 2. The number of carbonyl (C=O) groups excluding carboxylic acids is 2. The molecule has 3 aromatic rings. The Balaban J connectivity index is 1.76. The fourth-order valence-electron chi connectivity index (χ4n) is 4.38. The summed E-state index contributed by atoms with van der Waals surface area (Å²) < 4.78 is 2.01. The maximum Gasteiger partial charge on any atom is 0.272 e. The van der Waals surface area contributed by atoms with Crippen LogP contribution in [0, 0.1) is 6.92 Å². The van der Waals surface area contributed by atoms with Gasteiger partial charge in [0.05, 0.1) is 0 Å². The van der Waals surface area contributed by atoms with Crippen molar-refractivity contribution in [2.45, 2.75) is 47.1 Å². The van der Waals surface area contributed by atoms with Gasteiger partial charge in [-0.05, 0) is 73.5 Å². The molecule has 2 aromatic carbocycles. The van der Waals surface area contributed by atoms with E-state index in [0.717, 1.165) is 36.1 Å². The van der Waals surface area contributed by atoms with Gasteiger partial charge < -0.3 is 20.1 Å². The van der Waals surface area contributed by atoms with Gasteiger partial charge in [0.2, 0.25) is 0 Å². The molecule has 1 aromatic heterocycles. The number of likely N-dealkylation sites (N-methyl/N-ethyl adjacent to an activating group) is 1. The Morgan fingerprint density at radius 2 is 1.74 bits per heavy atom. The number of nitrogens with zero attached hydrogens (tertiary/aromatic N) is 2. The molecule has 0 aliphatic heterocycles. The molecule has 0 saturated heterocycles. The Morgan fingerprint density at radius 3 is 2.34 bits per heavy atom. The average Bonchev–Trinajstić information content (AvgIpc) is 3.13. The smallest absolute Gasteiger partial charge is 0.272 e. The summed E-state index contributed by atoms with van der Waals surface area (Å²) in [6.07, 6.45) is 1.81. The zero-order valence-corrected chi connectivity index (χ0v) is 21.6. The van der Waals surface area contributed by atoms with Crippen molar-refractivity contribution in [3.05, 3.63) is 77.5 Å². The zero-order chi connectivity index (χ0) is 25.5. The van der Waals surface area contributed by atoms with Crippen LogP contribution < -0.4 is 10.6 Å². The van der Waals surface area contributed by atoms with Crippen LogP contribution in [-0.2, 0) is 6.54 Å². The molecule has 186 valence electrons. The Labute approximate surface area is 209 Å². The number of anilines is 1. The third-order valence-electron chi connectivity index (χ3n) is 6.55. The number of fused-ring (bicyclic) bond motifs is 1. The number of carbonyl (C=O) groups is 2. The molecule has 0 saturated carbocycles. The highest BCUT2D eigenvalue weighted by Crippen LogP contribution is 2.30. The molecular weight excluding hydrogens is 436 g/mol. The van der Waals surface area contributed by atoms with Crippen LogP contribution in [0.5, 0.6) is 0 Å². The lowest BCUT2D eigenvalue weighted by molar-refractivity contribution is 0.0948. The first-order valence-corrected chi connectivity index (χ1v) is 12.5. The summed E-state index contributed by atoms with van der Waals surface area (Å²) in [7, 11) is 0. The highest BCUT2D eigenvalue weighted by Gasteiger charge is 2.20. The lowest BCUT2D eigenvalue weighted by Crippen LogP contribution is -2.34. The van der Waals surface area contributed by atoms with Gasteiger partial charge >= 0.3 is 0 Å². The maximum atomic E-state index is 13.3. The van der Waals surface area contributed by atoms with E-state index in [-0.39, 0.29) is 11.8 Å². The number of nitrogens with one attached hydrogen (secondary N) is 2. The fraction of sp³-hybridized carbons (Fsp3) is 0.379. The predicted octanol–water partition coefficient (Wildman–Crippen LogP) is 5.58. The van der Waals surface area contributed by atoms with E-state index in [1.165, 1.54) is 5.56 Å². The monoisotopic (exact) mass is 474 g/mol. The predicted molar refractivity (Wildman–Crippen MR) is 145 cm³/mol. The van der Waals surface area contributed by atoms with Gasteiger partial charge in [-0.15, -0.1) is 6.58 Å². The van der Waals surface area contributed by atoms with Crippen molar-refractivity contribution in [1.29, 1.82) is 0 Å². The van der Waals surface area contributed by atoms with E-state index in [1.807, 2.05) is 11.5 Å². The molecule has 2 N–H and O–H groups in total. The molecule has 0 fully saturated rings. The van der Waals surface area contributed by atoms with E-state index in [2.05, 4.69) is 68.0 Å². The van der Waals surface area contributed by atoms with Crippen molar-refractivity contribution in [3.8, 4) is 0 Å². The van der Waals surface area contributed by atoms with Crippen molar-refractivity contribution in [3.63, 3.8) is 0 Å². The van der Waals surface area contributed by atoms with Gasteiger partial charge in [-0.1, -0.05) is 39.8 Å². The molecule has 3 rings (SSSR count). The Bertz CT molecular complexity index is 1190. The van der Waals surface area contributed by atoms with E-state index in [1.54, 1.807) is 30.3 Å². The number of rotatable bonds is 11. The topological polar surface area (TPSA) is 66.4 Å². The van der Waals surface area contributed by atoms with Crippen LogP contribution in [0.2, 0.25) is 0 Å². The molecule has 35 heavy (non-hydrogen) atoms. The van der Waals surface area contributed by atoms with Crippen LogP contribution in [0.1, 0.15) is 65.6 Å². The van der Waals surface area contributed by atoms with Crippen molar-refractivity contribution < 1.29 is 9.59 Å². The van der Waals surface area contributed by atoms with E-state index < -0.39 is 0 Å². The molecule has 6 nitrogen and oxygen atoms in total. The summed E-state index contributed by atoms with van der Waals surface area (Å²) in [4.78, 5) is 28.1. The highest BCUT2D eigenvalue weighted by molar-refractivity contribution is 6.08. The van der Waals surface area contributed by atoms with Gasteiger partial charge in [-0.25, -0.2) is 0 Å². The molecule has 1 heterocycles. The van der Waals surface area contributed by atoms with E-state index >= 15 is 0 Å². The van der Waals surface area contributed by atoms with Crippen LogP contribution in [-0.4, -0.2) is 47.5 Å². The summed E-state index contributed by atoms with van der Waals surface area (Å²) >= 11 is 0. The van der Waals surface area contributed by atoms with Gasteiger partial charge in [0.1, 0.15) is 5.69 Å². The molecule has 0 aliphatic carbocycles. The number of amides is 2. The second-order valence-electron chi connectivity index (χ2n) is 9.12. The van der Waals surface area contributed by atoms with Crippen LogP contribution in [0.15, 0.2) is 55.1 Å². The first kappa shape index (κ1) is 26.2. The first-order valence-electron chi connectivity index (χ1n) is 12.5. The van der Waals surface area contributed by atoms with E-state index in [0.29, 0.717) is 36.0 Å². The second-order valence-corrected chi connectivity index (χ2v) is 9.12. The molecule has 6 heteroatoms. The standard InChI is InChI=1S/C29H38N4O2/c1-7-17-33-26-15-12-23(20(4)5)19-25(26)21(6)27(33)29(35)31-24-13-10-22(11-14-24)28(34)30-16-18-32(8-2)9-3/h7,10-15,19-20H,1,8-9,16-18H2,2-6H3,(H,30,34)(H,31,35). The summed E-state index contributed by atoms with van der Waals surface area (Å²) in [6.45, 7) is 18.3. The van der Waals surface area contributed by atoms with E-state index in [4.69, 9.17) is 0 Å². The molecule has 0 bridgehead atoms. The van der Waals surface area contributed by atoms with Gasteiger partial charge in [-0.3, -0.25) is 9.59 Å². The van der Waals surface area contributed by atoms with Crippen molar-refractivity contribution in [2.24, 2.45) is 0 Å². The second kappa shape index (κ2) is 11.8. The normalized spacial score (nSPS) is 11.3. The minimum atomic E-state index is -0.178. The van der Waals surface area contributed by atoms with E-state index in [9.17, 15) is 9.59 Å². The highest BCUT2D eigenvalue weighted by atomic mass is 16.2. The zero-order valence-electron chi connectivity index (χ0n) is 21.6. The Kier molecular flexibility index (Phi) is 8.88. The maximum absolute atomic E-state index is 13.3. The summed E-state index contributed by atoms with van der Waals surface area (Å²) in [6, 6.07) is 13.4. The van der Waals surface area contributed by atoms with Crippen LogP contribution in [0.25, 0.3) is 10.9 Å². The third-order valence-corrected chi connectivity index (χ3v) is 6.55. The molecular formula is C29H38N4O2. The van der Waals surface area contributed by atoms with Crippen molar-refractivity contribution >= 4 is 28.4 Å². The summed E-state index contributed by atoms with van der Waals surface area (Å²) in [5, 5.41) is 7.05. The number of aryl methyl sites for hydroxylation is 1. The first-order chi connectivity index (χ1) is 16.8. The number of benzene rings is 2. The Morgan fingerprint density at radius 1 is 1.06 bits per heavy atom. The van der Waals surface area contributed by atoms with Gasteiger partial charge in [0.25, 0.3) is 11.8 Å². The Hall–Kier alpha value is -3.38. The molecule has 0 radical (unpaired) electrons. The summed E-state index contributed by atoms with van der Waals surface area (Å²) in [5.41, 5.74) is 5.06. The van der Waals surface area contributed by atoms with Gasteiger partial charge in [0.15, 0.2) is 0 Å². The average molecular weight is 475 g/mol. The quantitative estimate of drug-likeness (QED) is 0.356. The molecule has 2 amide bonds. The molecule has 0 aliphatic rings. The minimum absolute atomic E-state index is 0.113. The van der Waals surface area contributed by atoms with Crippen molar-refractivity contribution in [1.82, 2.24) is 14.8 Å². The third kappa shape index (κ3) is 6.01. The van der Waals surface area contributed by atoms with Gasteiger partial charge in [-0.2, -0.15) is 0 Å². The summed E-state index contributed by atoms with van der Waals surface area (Å²) in [5.74, 6) is 0.118. The number of hydrogen-bond acceptors (Lipinski definition) is 3. The molecule has 0 unspecified atom stereocenters. The minimum Gasteiger partial charge on any atom is -0.351 e. The van der Waals surface area contributed by atoms with Crippen LogP contribution >= 0.6 is 0 Å². The van der Waals surface area contributed by atoms with Crippen LogP contribution in [0.4, 0.5) is 5.69 Å². The van der Waals surface area contributed by atoms with Crippen molar-refractivity contribution in [2.75, 3.05) is 31.5 Å². The lowest BCUT2D eigenvalue weighted by atomic mass is 10.0. The van der Waals surface area contributed by atoms with Gasteiger partial charge in [0, 0.05) is 41.8 Å². The number of aromatic nitrogens is 1. The largest absolute Gasteiger partial charge is 0.351 e. The fourth-order valence-corrected chi connectivity index (χ4v) is 4.38.